The first-order valence-electron chi connectivity index (χ1n) is 6.17. The molecule has 1 saturated carbocycles. The summed E-state index contributed by atoms with van der Waals surface area (Å²) in [6, 6.07) is 5.72. The van der Waals surface area contributed by atoms with Gasteiger partial charge in [0.2, 0.25) is 0 Å². The number of carbonyl (C=O) groups is 1. The second-order valence-corrected chi connectivity index (χ2v) is 4.96. The minimum absolute atomic E-state index is 0.00273. The van der Waals surface area contributed by atoms with Gasteiger partial charge in [-0.15, -0.1) is 5.10 Å². The summed E-state index contributed by atoms with van der Waals surface area (Å²) in [4.78, 5) is 10.7. The summed E-state index contributed by atoms with van der Waals surface area (Å²) in [6.45, 7) is 0. The maximum atomic E-state index is 13.0. The second-order valence-electron chi connectivity index (χ2n) is 4.96. The molecule has 5 nitrogen and oxygen atoms in total. The number of hydrogen-bond donors (Lipinski definition) is 1. The van der Waals surface area contributed by atoms with E-state index in [1.165, 1.54) is 30.5 Å². The predicted molar refractivity (Wildman–Crippen MR) is 65.7 cm³/mol. The Labute approximate surface area is 117 Å². The third-order valence-electron chi connectivity index (χ3n) is 3.61. The Bertz CT molecular complexity index is 687. The Hall–Kier alpha value is -2.38. The minimum atomic E-state index is -4.36. The highest BCUT2D eigenvalue weighted by atomic mass is 19.4. The van der Waals surface area contributed by atoms with Gasteiger partial charge in [-0.1, -0.05) is 17.3 Å². The first-order valence-corrected chi connectivity index (χ1v) is 6.17. The third-order valence-corrected chi connectivity index (χ3v) is 3.61. The van der Waals surface area contributed by atoms with Gasteiger partial charge in [0.1, 0.15) is 5.69 Å². The number of rotatable bonds is 3. The molecule has 8 heteroatoms. The molecule has 110 valence electrons. The Kier molecular flexibility index (Phi) is 2.79. The lowest BCUT2D eigenvalue weighted by Crippen LogP contribution is -2.35. The van der Waals surface area contributed by atoms with Crippen LogP contribution < -0.4 is 0 Å². The van der Waals surface area contributed by atoms with Gasteiger partial charge in [0, 0.05) is 5.56 Å². The Morgan fingerprint density at radius 2 is 1.86 bits per heavy atom. The predicted octanol–water partition coefficient (Wildman–Crippen LogP) is 2.69. The number of hydrogen-bond acceptors (Lipinski definition) is 3. The van der Waals surface area contributed by atoms with Gasteiger partial charge in [0.25, 0.3) is 0 Å². The zero-order valence-electron chi connectivity index (χ0n) is 10.6. The molecule has 0 spiro atoms. The first kappa shape index (κ1) is 13.6. The molecule has 0 bridgehead atoms. The van der Waals surface area contributed by atoms with E-state index < -0.39 is 17.7 Å². The molecule has 1 aliphatic rings. The molecular weight excluding hydrogens is 287 g/mol. The smallest absolute Gasteiger partial charge is 0.413 e. The molecule has 1 N–H and O–H groups in total. The Morgan fingerprint density at radius 1 is 1.24 bits per heavy atom. The summed E-state index contributed by atoms with van der Waals surface area (Å²) in [5, 5.41) is 16.1. The van der Waals surface area contributed by atoms with Gasteiger partial charge < -0.3 is 5.11 Å². The summed E-state index contributed by atoms with van der Waals surface area (Å²) >= 11 is 0. The van der Waals surface area contributed by atoms with Gasteiger partial charge in [-0.05, 0) is 25.0 Å². The maximum Gasteiger partial charge on any atom is 0.413 e. The van der Waals surface area contributed by atoms with Crippen LogP contribution in [0.1, 0.15) is 23.2 Å². The van der Waals surface area contributed by atoms with E-state index in [-0.39, 0.29) is 24.1 Å². The van der Waals surface area contributed by atoms with Gasteiger partial charge in [0.15, 0.2) is 5.54 Å². The molecule has 1 aromatic carbocycles. The average Bonchev–Trinajstić information content (AvgIpc) is 3.11. The fraction of sp³-hybridized carbons (Fsp3) is 0.308. The molecule has 0 aliphatic heterocycles. The van der Waals surface area contributed by atoms with Crippen LogP contribution in [0.25, 0.3) is 11.3 Å². The number of halogens is 3. The number of aromatic carboxylic acids is 1. The van der Waals surface area contributed by atoms with Crippen molar-refractivity contribution >= 4 is 5.97 Å². The summed E-state index contributed by atoms with van der Waals surface area (Å²) in [6.07, 6.45) is -3.12. The fourth-order valence-corrected chi connectivity index (χ4v) is 2.15. The lowest BCUT2D eigenvalue weighted by atomic mass is 10.1. The van der Waals surface area contributed by atoms with E-state index in [4.69, 9.17) is 5.11 Å². The molecule has 0 radical (unpaired) electrons. The van der Waals surface area contributed by atoms with Crippen molar-refractivity contribution in [2.45, 2.75) is 24.6 Å². The van der Waals surface area contributed by atoms with Crippen LogP contribution in [0.2, 0.25) is 0 Å². The van der Waals surface area contributed by atoms with Crippen LogP contribution in [0.4, 0.5) is 13.2 Å². The number of carboxylic acids is 1. The summed E-state index contributed by atoms with van der Waals surface area (Å²) in [5.41, 5.74) is -1.04. The van der Waals surface area contributed by atoms with Gasteiger partial charge >= 0.3 is 12.1 Å². The molecule has 0 unspecified atom stereocenters. The van der Waals surface area contributed by atoms with Crippen LogP contribution >= 0.6 is 0 Å². The van der Waals surface area contributed by atoms with E-state index in [2.05, 4.69) is 10.3 Å². The highest BCUT2D eigenvalue weighted by Crippen LogP contribution is 2.55. The monoisotopic (exact) mass is 297 g/mol. The van der Waals surface area contributed by atoms with Crippen LogP contribution in [0, 0.1) is 0 Å². The normalized spacial score (nSPS) is 16.7. The van der Waals surface area contributed by atoms with Crippen molar-refractivity contribution in [2.24, 2.45) is 0 Å². The number of carboxylic acid groups (broad SMARTS) is 1. The zero-order chi connectivity index (χ0) is 15.3. The van der Waals surface area contributed by atoms with Crippen molar-refractivity contribution in [3.05, 3.63) is 36.0 Å². The number of alkyl halides is 3. The Morgan fingerprint density at radius 3 is 2.33 bits per heavy atom. The average molecular weight is 297 g/mol. The van der Waals surface area contributed by atoms with E-state index in [1.807, 2.05) is 0 Å². The molecule has 1 heterocycles. The summed E-state index contributed by atoms with van der Waals surface area (Å²) in [5.74, 6) is -1.07. The van der Waals surface area contributed by atoms with E-state index in [0.29, 0.717) is 5.56 Å². The van der Waals surface area contributed by atoms with Crippen molar-refractivity contribution in [1.29, 1.82) is 0 Å². The van der Waals surface area contributed by atoms with Crippen LogP contribution in [-0.4, -0.2) is 32.2 Å². The quantitative estimate of drug-likeness (QED) is 0.945. The molecular formula is C13H10F3N3O2. The van der Waals surface area contributed by atoms with E-state index in [9.17, 15) is 18.0 Å². The molecule has 3 rings (SSSR count). The summed E-state index contributed by atoms with van der Waals surface area (Å²) in [7, 11) is 0. The van der Waals surface area contributed by atoms with E-state index in [0.717, 1.165) is 4.68 Å². The number of nitrogens with zero attached hydrogens (tertiary/aromatic N) is 3. The number of benzene rings is 1. The van der Waals surface area contributed by atoms with Crippen LogP contribution in [0.5, 0.6) is 0 Å². The van der Waals surface area contributed by atoms with Crippen LogP contribution in [0.15, 0.2) is 30.5 Å². The van der Waals surface area contributed by atoms with Crippen molar-refractivity contribution in [2.75, 3.05) is 0 Å². The molecule has 1 aromatic heterocycles. The minimum Gasteiger partial charge on any atom is -0.478 e. The third kappa shape index (κ3) is 2.16. The molecule has 21 heavy (non-hydrogen) atoms. The largest absolute Gasteiger partial charge is 0.478 e. The van der Waals surface area contributed by atoms with Gasteiger partial charge in [-0.2, -0.15) is 13.2 Å². The first-order chi connectivity index (χ1) is 9.83. The van der Waals surface area contributed by atoms with Crippen molar-refractivity contribution < 1.29 is 23.1 Å². The number of aromatic nitrogens is 3. The maximum absolute atomic E-state index is 13.0. The molecule has 1 fully saturated rings. The van der Waals surface area contributed by atoms with E-state index >= 15 is 0 Å². The Balaban J connectivity index is 1.91. The lowest BCUT2D eigenvalue weighted by molar-refractivity contribution is -0.182. The fourth-order valence-electron chi connectivity index (χ4n) is 2.15. The lowest BCUT2D eigenvalue weighted by Gasteiger charge is -2.18. The molecule has 2 aromatic rings. The van der Waals surface area contributed by atoms with Crippen LogP contribution in [-0.2, 0) is 5.54 Å². The van der Waals surface area contributed by atoms with Crippen molar-refractivity contribution in [3.63, 3.8) is 0 Å². The SMILES string of the molecule is O=C(O)c1ccc(-c2cn(C3(C(F)(F)F)CC3)nn2)cc1. The molecule has 0 amide bonds. The second kappa shape index (κ2) is 4.31. The molecule has 0 saturated heterocycles. The molecule has 0 atom stereocenters. The highest BCUT2D eigenvalue weighted by Gasteiger charge is 2.66. The van der Waals surface area contributed by atoms with Crippen molar-refractivity contribution in [1.82, 2.24) is 15.0 Å². The zero-order valence-corrected chi connectivity index (χ0v) is 10.6. The van der Waals surface area contributed by atoms with Gasteiger partial charge in [-0.3, -0.25) is 0 Å². The van der Waals surface area contributed by atoms with Gasteiger partial charge in [-0.25, -0.2) is 9.48 Å². The topological polar surface area (TPSA) is 68.0 Å². The highest BCUT2D eigenvalue weighted by molar-refractivity contribution is 5.88. The molecule has 1 aliphatic carbocycles. The standard InChI is InChI=1S/C13H10F3N3O2/c14-13(15,16)12(5-6-12)19-7-10(17-18-19)8-1-3-9(4-2-8)11(20)21/h1-4,7H,5-6H2,(H,20,21). The van der Waals surface area contributed by atoms with E-state index in [1.54, 1.807) is 0 Å². The van der Waals surface area contributed by atoms with Crippen molar-refractivity contribution in [3.8, 4) is 11.3 Å². The summed E-state index contributed by atoms with van der Waals surface area (Å²) < 4.78 is 39.8. The van der Waals surface area contributed by atoms with Gasteiger partial charge in [0.05, 0.1) is 11.8 Å². The van der Waals surface area contributed by atoms with Crippen LogP contribution in [0.3, 0.4) is 0 Å².